The van der Waals surface area contributed by atoms with Crippen LogP contribution in [0.1, 0.15) is 0 Å². The van der Waals surface area contributed by atoms with Crippen molar-refractivity contribution in [1.82, 2.24) is 4.98 Å². The van der Waals surface area contributed by atoms with Crippen molar-refractivity contribution < 1.29 is 0 Å². The summed E-state index contributed by atoms with van der Waals surface area (Å²) in [6.45, 7) is 0. The van der Waals surface area contributed by atoms with Crippen molar-refractivity contribution in [2.24, 2.45) is 0 Å². The zero-order valence-electron chi connectivity index (χ0n) is 10.3. The first-order valence-corrected chi connectivity index (χ1v) is 6.90. The minimum atomic E-state index is 0.993. The molecule has 1 aromatic heterocycles. The molecule has 0 radical (unpaired) electrons. The molecule has 2 heteroatoms. The van der Waals surface area contributed by atoms with E-state index in [0.29, 0.717) is 0 Å². The van der Waals surface area contributed by atoms with E-state index in [9.17, 15) is 0 Å². The predicted octanol–water partition coefficient (Wildman–Crippen LogP) is 5.18. The van der Waals surface area contributed by atoms with Crippen LogP contribution in [0, 0.1) is 0 Å². The van der Waals surface area contributed by atoms with Gasteiger partial charge in [0.25, 0.3) is 0 Å². The van der Waals surface area contributed by atoms with Crippen molar-refractivity contribution in [2.45, 2.75) is 0 Å². The first-order valence-electron chi connectivity index (χ1n) is 6.10. The zero-order valence-corrected chi connectivity index (χ0v) is 11.8. The van der Waals surface area contributed by atoms with Gasteiger partial charge in [0.15, 0.2) is 0 Å². The summed E-state index contributed by atoms with van der Waals surface area (Å²) < 4.78 is 1.08. The molecule has 19 heavy (non-hydrogen) atoms. The van der Waals surface area contributed by atoms with E-state index in [0.717, 1.165) is 21.3 Å². The Hall–Kier alpha value is -1.93. The van der Waals surface area contributed by atoms with Crippen LogP contribution in [0.5, 0.6) is 0 Å². The van der Waals surface area contributed by atoms with Crippen LogP contribution in [0.25, 0.3) is 22.4 Å². The second kappa shape index (κ2) is 5.37. The monoisotopic (exact) mass is 309 g/mol. The molecular formula is C17H12BrN. The predicted molar refractivity (Wildman–Crippen MR) is 82.8 cm³/mol. The van der Waals surface area contributed by atoms with Crippen LogP contribution in [0.4, 0.5) is 0 Å². The van der Waals surface area contributed by atoms with Crippen molar-refractivity contribution in [3.8, 4) is 22.4 Å². The Kier molecular flexibility index (Phi) is 3.43. The molecule has 92 valence electrons. The van der Waals surface area contributed by atoms with Gasteiger partial charge >= 0.3 is 0 Å². The van der Waals surface area contributed by atoms with Crippen LogP contribution in [-0.2, 0) is 0 Å². The molecule has 3 rings (SSSR count). The molecule has 0 amide bonds. The van der Waals surface area contributed by atoms with Gasteiger partial charge in [-0.15, -0.1) is 0 Å². The molecule has 0 unspecified atom stereocenters. The van der Waals surface area contributed by atoms with Crippen LogP contribution in [0.2, 0.25) is 0 Å². The van der Waals surface area contributed by atoms with Gasteiger partial charge in [-0.1, -0.05) is 64.5 Å². The third-order valence-corrected chi connectivity index (χ3v) is 3.54. The van der Waals surface area contributed by atoms with Gasteiger partial charge in [0.1, 0.15) is 0 Å². The molecule has 0 atom stereocenters. The minimum Gasteiger partial charge on any atom is -0.256 e. The normalized spacial score (nSPS) is 10.4. The Morgan fingerprint density at radius 2 is 1.32 bits per heavy atom. The van der Waals surface area contributed by atoms with Crippen LogP contribution in [0.15, 0.2) is 77.4 Å². The van der Waals surface area contributed by atoms with Gasteiger partial charge in [-0.05, 0) is 23.8 Å². The van der Waals surface area contributed by atoms with E-state index in [2.05, 4.69) is 57.3 Å². The number of nitrogens with zero attached hydrogens (tertiary/aromatic N) is 1. The highest BCUT2D eigenvalue weighted by Crippen LogP contribution is 2.23. The molecule has 2 aromatic carbocycles. The zero-order chi connectivity index (χ0) is 13.1. The Labute approximate surface area is 121 Å². The molecule has 0 spiro atoms. The largest absolute Gasteiger partial charge is 0.256 e. The fourth-order valence-corrected chi connectivity index (χ4v) is 2.25. The molecule has 0 fully saturated rings. The second-order valence-corrected chi connectivity index (χ2v) is 5.22. The van der Waals surface area contributed by atoms with Crippen LogP contribution in [-0.4, -0.2) is 4.98 Å². The van der Waals surface area contributed by atoms with Gasteiger partial charge in [0.2, 0.25) is 0 Å². The first kappa shape index (κ1) is 12.1. The molecule has 0 N–H and O–H groups in total. The van der Waals surface area contributed by atoms with E-state index in [1.54, 1.807) is 0 Å². The molecule has 0 aliphatic heterocycles. The Bertz CT molecular complexity index is 658. The second-order valence-electron chi connectivity index (χ2n) is 4.31. The van der Waals surface area contributed by atoms with Crippen LogP contribution >= 0.6 is 15.9 Å². The van der Waals surface area contributed by atoms with Crippen molar-refractivity contribution in [2.75, 3.05) is 0 Å². The van der Waals surface area contributed by atoms with E-state index in [1.165, 1.54) is 5.56 Å². The molecule has 3 aromatic rings. The van der Waals surface area contributed by atoms with Crippen molar-refractivity contribution in [3.63, 3.8) is 0 Å². The van der Waals surface area contributed by atoms with Crippen LogP contribution in [0.3, 0.4) is 0 Å². The van der Waals surface area contributed by atoms with Gasteiger partial charge in [-0.3, -0.25) is 4.98 Å². The highest BCUT2D eigenvalue weighted by Gasteiger charge is 2.01. The number of aromatic nitrogens is 1. The van der Waals surface area contributed by atoms with E-state index in [4.69, 9.17) is 0 Å². The van der Waals surface area contributed by atoms with E-state index in [-0.39, 0.29) is 0 Å². The summed E-state index contributed by atoms with van der Waals surface area (Å²) in [4.78, 5) is 4.54. The van der Waals surface area contributed by atoms with Gasteiger partial charge in [-0.25, -0.2) is 0 Å². The summed E-state index contributed by atoms with van der Waals surface area (Å²) in [5.41, 5.74) is 4.45. The first-order chi connectivity index (χ1) is 9.33. The quantitative estimate of drug-likeness (QED) is 0.635. The summed E-state index contributed by atoms with van der Waals surface area (Å²) in [6, 6.07) is 22.6. The SMILES string of the molecule is Brc1ccc(-c2ccc(-c3ccccc3)cn2)cc1. The van der Waals surface area contributed by atoms with Gasteiger partial charge < -0.3 is 0 Å². The average Bonchev–Trinajstić information content (AvgIpc) is 2.49. The lowest BCUT2D eigenvalue weighted by Crippen LogP contribution is -1.84. The number of benzene rings is 2. The smallest absolute Gasteiger partial charge is 0.0702 e. The van der Waals surface area contributed by atoms with E-state index in [1.807, 2.05) is 36.5 Å². The maximum absolute atomic E-state index is 4.54. The molecule has 0 saturated heterocycles. The number of halogens is 1. The lowest BCUT2D eigenvalue weighted by atomic mass is 10.1. The number of hydrogen-bond donors (Lipinski definition) is 0. The van der Waals surface area contributed by atoms with E-state index >= 15 is 0 Å². The molecule has 0 aliphatic carbocycles. The third kappa shape index (κ3) is 2.74. The molecule has 0 bridgehead atoms. The number of rotatable bonds is 2. The third-order valence-electron chi connectivity index (χ3n) is 3.01. The lowest BCUT2D eigenvalue weighted by Gasteiger charge is -2.04. The molecule has 0 saturated carbocycles. The van der Waals surface area contributed by atoms with Crippen LogP contribution < -0.4 is 0 Å². The molecular weight excluding hydrogens is 298 g/mol. The Balaban J connectivity index is 1.93. The summed E-state index contributed by atoms with van der Waals surface area (Å²) in [5, 5.41) is 0. The molecule has 1 nitrogen and oxygen atoms in total. The Morgan fingerprint density at radius 1 is 0.632 bits per heavy atom. The number of hydrogen-bond acceptors (Lipinski definition) is 1. The van der Waals surface area contributed by atoms with E-state index < -0.39 is 0 Å². The van der Waals surface area contributed by atoms with Crippen molar-refractivity contribution in [1.29, 1.82) is 0 Å². The highest BCUT2D eigenvalue weighted by atomic mass is 79.9. The van der Waals surface area contributed by atoms with Crippen molar-refractivity contribution in [3.05, 3.63) is 77.4 Å². The fraction of sp³-hybridized carbons (Fsp3) is 0. The van der Waals surface area contributed by atoms with Gasteiger partial charge in [0, 0.05) is 21.8 Å². The minimum absolute atomic E-state index is 0.993. The average molecular weight is 310 g/mol. The summed E-state index contributed by atoms with van der Waals surface area (Å²) >= 11 is 3.44. The lowest BCUT2D eigenvalue weighted by molar-refractivity contribution is 1.32. The standard InChI is InChI=1S/C17H12BrN/c18-16-9-6-14(7-10-16)17-11-8-15(12-19-17)13-4-2-1-3-5-13/h1-12H. The topological polar surface area (TPSA) is 12.9 Å². The van der Waals surface area contributed by atoms with Gasteiger partial charge in [0.05, 0.1) is 5.69 Å². The number of pyridine rings is 1. The fourth-order valence-electron chi connectivity index (χ4n) is 1.99. The van der Waals surface area contributed by atoms with Gasteiger partial charge in [-0.2, -0.15) is 0 Å². The van der Waals surface area contributed by atoms with Crippen molar-refractivity contribution >= 4 is 15.9 Å². The Morgan fingerprint density at radius 3 is 1.95 bits per heavy atom. The summed E-state index contributed by atoms with van der Waals surface area (Å²) in [5.74, 6) is 0. The summed E-state index contributed by atoms with van der Waals surface area (Å²) in [7, 11) is 0. The molecule has 0 aliphatic rings. The molecule has 1 heterocycles. The summed E-state index contributed by atoms with van der Waals surface area (Å²) in [6.07, 6.45) is 1.92. The maximum Gasteiger partial charge on any atom is 0.0702 e. The highest BCUT2D eigenvalue weighted by molar-refractivity contribution is 9.10. The maximum atomic E-state index is 4.54.